The maximum atomic E-state index is 9.15. The summed E-state index contributed by atoms with van der Waals surface area (Å²) in [6, 6.07) is 0. The van der Waals surface area contributed by atoms with Gasteiger partial charge in [0.1, 0.15) is 0 Å². The van der Waals surface area contributed by atoms with E-state index in [1.807, 2.05) is 6.92 Å². The SMILES string of the molecule is CC(N)(CCCCB(O)O)CCN1CC(O)C1. The Kier molecular flexibility index (Phi) is 5.89. The molecule has 0 bridgehead atoms. The van der Waals surface area contributed by atoms with Crippen molar-refractivity contribution in [3.63, 3.8) is 0 Å². The Hall–Kier alpha value is -0.135. The van der Waals surface area contributed by atoms with Gasteiger partial charge in [0.15, 0.2) is 0 Å². The minimum Gasteiger partial charge on any atom is -0.427 e. The topological polar surface area (TPSA) is 90.0 Å². The van der Waals surface area contributed by atoms with Crippen molar-refractivity contribution in [2.75, 3.05) is 19.6 Å². The Balaban J connectivity index is 2.04. The van der Waals surface area contributed by atoms with Gasteiger partial charge >= 0.3 is 7.12 Å². The van der Waals surface area contributed by atoms with Gasteiger partial charge in [0.2, 0.25) is 0 Å². The van der Waals surface area contributed by atoms with Crippen LogP contribution < -0.4 is 5.73 Å². The summed E-state index contributed by atoms with van der Waals surface area (Å²) in [6.07, 6.45) is 3.82. The van der Waals surface area contributed by atoms with Gasteiger partial charge in [-0.15, -0.1) is 0 Å². The lowest BCUT2D eigenvalue weighted by Gasteiger charge is -2.38. The molecule has 0 amide bonds. The van der Waals surface area contributed by atoms with Crippen molar-refractivity contribution >= 4 is 7.12 Å². The molecule has 0 aromatic rings. The first-order valence-corrected chi connectivity index (χ1v) is 6.44. The zero-order valence-corrected chi connectivity index (χ0v) is 10.7. The van der Waals surface area contributed by atoms with E-state index < -0.39 is 7.12 Å². The van der Waals surface area contributed by atoms with Crippen molar-refractivity contribution in [3.05, 3.63) is 0 Å². The lowest BCUT2D eigenvalue weighted by atomic mass is 9.82. The molecule has 1 rings (SSSR count). The molecule has 5 nitrogen and oxygen atoms in total. The molecule has 1 saturated heterocycles. The highest BCUT2D eigenvalue weighted by atomic mass is 16.4. The summed E-state index contributed by atoms with van der Waals surface area (Å²) in [5.74, 6) is 0. The Morgan fingerprint density at radius 3 is 2.47 bits per heavy atom. The standard InChI is InChI=1S/C11H25BN2O3/c1-11(13,4-2-3-6-12(16)17)5-7-14-8-10(15)9-14/h10,15-17H,2-9,13H2,1H3. The van der Waals surface area contributed by atoms with E-state index in [-0.39, 0.29) is 11.6 Å². The fourth-order valence-corrected chi connectivity index (χ4v) is 2.12. The molecule has 0 spiro atoms. The second-order valence-corrected chi connectivity index (χ2v) is 5.54. The molecule has 1 fully saturated rings. The van der Waals surface area contributed by atoms with Gasteiger partial charge in [-0.05, 0) is 26.1 Å². The van der Waals surface area contributed by atoms with Crippen LogP contribution in [0.5, 0.6) is 0 Å². The summed E-state index contributed by atoms with van der Waals surface area (Å²) in [4.78, 5) is 2.20. The van der Waals surface area contributed by atoms with Gasteiger partial charge in [0.25, 0.3) is 0 Å². The number of aliphatic hydroxyl groups excluding tert-OH is 1. The quantitative estimate of drug-likeness (QED) is 0.338. The van der Waals surface area contributed by atoms with Crippen LogP contribution in [0.3, 0.4) is 0 Å². The van der Waals surface area contributed by atoms with Crippen LogP contribution in [0.2, 0.25) is 6.32 Å². The molecule has 6 heteroatoms. The predicted molar refractivity (Wildman–Crippen MR) is 68.5 cm³/mol. The summed E-state index contributed by atoms with van der Waals surface area (Å²) >= 11 is 0. The molecule has 5 N–H and O–H groups in total. The number of nitrogens with zero attached hydrogens (tertiary/aromatic N) is 1. The van der Waals surface area contributed by atoms with Gasteiger partial charge in [-0.3, -0.25) is 4.90 Å². The smallest absolute Gasteiger partial charge is 0.427 e. The molecule has 1 aliphatic heterocycles. The Morgan fingerprint density at radius 2 is 1.94 bits per heavy atom. The van der Waals surface area contributed by atoms with Crippen molar-refractivity contribution in [3.8, 4) is 0 Å². The van der Waals surface area contributed by atoms with Gasteiger partial charge in [0.05, 0.1) is 6.10 Å². The maximum absolute atomic E-state index is 9.15. The first-order chi connectivity index (χ1) is 7.89. The largest absolute Gasteiger partial charge is 0.451 e. The zero-order chi connectivity index (χ0) is 12.9. The van der Waals surface area contributed by atoms with Crippen LogP contribution in [-0.2, 0) is 0 Å². The minimum absolute atomic E-state index is 0.148. The number of rotatable bonds is 8. The molecular weight excluding hydrogens is 219 g/mol. The Bertz CT molecular complexity index is 221. The number of likely N-dealkylation sites (tertiary alicyclic amines) is 1. The van der Waals surface area contributed by atoms with Crippen molar-refractivity contribution in [1.82, 2.24) is 4.90 Å². The molecular formula is C11H25BN2O3. The summed E-state index contributed by atoms with van der Waals surface area (Å²) in [7, 11) is -1.19. The van der Waals surface area contributed by atoms with E-state index >= 15 is 0 Å². The van der Waals surface area contributed by atoms with Crippen molar-refractivity contribution in [1.29, 1.82) is 0 Å². The average molecular weight is 244 g/mol. The number of nitrogens with two attached hydrogens (primary N) is 1. The molecule has 0 saturated carbocycles. The lowest BCUT2D eigenvalue weighted by molar-refractivity contribution is -0.00142. The highest BCUT2D eigenvalue weighted by molar-refractivity contribution is 6.40. The molecule has 1 unspecified atom stereocenters. The maximum Gasteiger partial charge on any atom is 0.451 e. The second-order valence-electron chi connectivity index (χ2n) is 5.54. The van der Waals surface area contributed by atoms with Crippen LogP contribution in [0.15, 0.2) is 0 Å². The van der Waals surface area contributed by atoms with Crippen molar-refractivity contribution in [2.45, 2.75) is 50.6 Å². The molecule has 17 heavy (non-hydrogen) atoms. The van der Waals surface area contributed by atoms with E-state index in [0.29, 0.717) is 6.32 Å². The predicted octanol–water partition coefficient (Wildman–Crippen LogP) is -0.586. The average Bonchev–Trinajstić information content (AvgIpc) is 2.18. The highest BCUT2D eigenvalue weighted by Gasteiger charge is 2.26. The number of unbranched alkanes of at least 4 members (excludes halogenated alkanes) is 1. The van der Waals surface area contributed by atoms with E-state index in [1.165, 1.54) is 0 Å². The second kappa shape index (κ2) is 6.71. The molecule has 100 valence electrons. The van der Waals surface area contributed by atoms with E-state index in [1.54, 1.807) is 0 Å². The molecule has 0 radical (unpaired) electrons. The lowest BCUT2D eigenvalue weighted by Crippen LogP contribution is -2.52. The number of β-amino-alcohol motifs (C(OH)–C–C–N with tert-alkyl or cyclic N) is 1. The van der Waals surface area contributed by atoms with E-state index in [2.05, 4.69) is 4.90 Å². The van der Waals surface area contributed by atoms with Gasteiger partial charge in [0, 0.05) is 25.2 Å². The normalized spacial score (nSPS) is 21.0. The van der Waals surface area contributed by atoms with Crippen LogP contribution in [0.1, 0.15) is 32.6 Å². The zero-order valence-electron chi connectivity index (χ0n) is 10.7. The number of hydrogen-bond donors (Lipinski definition) is 4. The summed E-state index contributed by atoms with van der Waals surface area (Å²) in [6.45, 7) is 4.52. The molecule has 0 aliphatic carbocycles. The van der Waals surface area contributed by atoms with Crippen LogP contribution in [-0.4, -0.2) is 58.5 Å². The molecule has 1 atom stereocenters. The fourth-order valence-electron chi connectivity index (χ4n) is 2.12. The van der Waals surface area contributed by atoms with E-state index in [4.69, 9.17) is 20.9 Å². The van der Waals surface area contributed by atoms with E-state index in [0.717, 1.165) is 45.3 Å². The van der Waals surface area contributed by atoms with Gasteiger partial charge in [-0.1, -0.05) is 12.8 Å². The third-order valence-corrected chi connectivity index (χ3v) is 3.40. The third-order valence-electron chi connectivity index (χ3n) is 3.40. The summed E-state index contributed by atoms with van der Waals surface area (Å²) < 4.78 is 0. The number of aliphatic hydroxyl groups is 1. The van der Waals surface area contributed by atoms with Crippen molar-refractivity contribution in [2.24, 2.45) is 5.73 Å². The number of hydrogen-bond acceptors (Lipinski definition) is 5. The van der Waals surface area contributed by atoms with Gasteiger partial charge in [-0.25, -0.2) is 0 Å². The summed E-state index contributed by atoms with van der Waals surface area (Å²) in [5.41, 5.74) is 5.99. The minimum atomic E-state index is -1.19. The third kappa shape index (κ3) is 6.38. The molecule has 1 aliphatic rings. The van der Waals surface area contributed by atoms with Crippen molar-refractivity contribution < 1.29 is 15.2 Å². The Labute approximate surface area is 104 Å². The summed E-state index contributed by atoms with van der Waals surface area (Å²) in [5, 5.41) is 26.6. The highest BCUT2D eigenvalue weighted by Crippen LogP contribution is 2.18. The fraction of sp³-hybridized carbons (Fsp3) is 1.00. The van der Waals surface area contributed by atoms with Gasteiger partial charge < -0.3 is 20.9 Å². The molecule has 0 aromatic heterocycles. The first-order valence-electron chi connectivity index (χ1n) is 6.44. The molecule has 1 heterocycles. The van der Waals surface area contributed by atoms with E-state index in [9.17, 15) is 0 Å². The molecule has 0 aromatic carbocycles. The van der Waals surface area contributed by atoms with Crippen LogP contribution >= 0.6 is 0 Å². The first kappa shape index (κ1) is 14.9. The van der Waals surface area contributed by atoms with Crippen LogP contribution in [0, 0.1) is 0 Å². The monoisotopic (exact) mass is 244 g/mol. The Morgan fingerprint density at radius 1 is 1.29 bits per heavy atom. The van der Waals surface area contributed by atoms with Crippen LogP contribution in [0.4, 0.5) is 0 Å². The van der Waals surface area contributed by atoms with Gasteiger partial charge in [-0.2, -0.15) is 0 Å². The van der Waals surface area contributed by atoms with Crippen LogP contribution in [0.25, 0.3) is 0 Å².